The van der Waals surface area contributed by atoms with Gasteiger partial charge < -0.3 is 9.26 Å². The normalized spacial score (nSPS) is 15.6. The van der Waals surface area contributed by atoms with Crippen molar-refractivity contribution in [2.75, 3.05) is 20.2 Å². The molecule has 0 atom stereocenters. The molecule has 0 spiro atoms. The van der Waals surface area contributed by atoms with Gasteiger partial charge in [-0.2, -0.15) is 22.5 Å². The number of sulfonamides is 1. The lowest BCUT2D eigenvalue weighted by Crippen LogP contribution is -2.48. The summed E-state index contributed by atoms with van der Waals surface area (Å²) in [5.41, 5.74) is 0.126. The molecule has 1 aliphatic heterocycles. The van der Waals surface area contributed by atoms with E-state index in [0.29, 0.717) is 0 Å². The Kier molecular flexibility index (Phi) is 5.26. The van der Waals surface area contributed by atoms with Gasteiger partial charge in [0, 0.05) is 18.7 Å². The van der Waals surface area contributed by atoms with Gasteiger partial charge >= 0.3 is 6.18 Å². The molecule has 31 heavy (non-hydrogen) atoms. The minimum absolute atomic E-state index is 0.0164. The molecule has 1 fully saturated rings. The molecule has 0 saturated carbocycles. The van der Waals surface area contributed by atoms with Crippen molar-refractivity contribution in [2.24, 2.45) is 0 Å². The van der Waals surface area contributed by atoms with Crippen LogP contribution >= 0.6 is 0 Å². The fourth-order valence-electron chi connectivity index (χ4n) is 3.27. The average Bonchev–Trinajstić information content (AvgIpc) is 3.15. The Morgan fingerprint density at radius 2 is 1.90 bits per heavy atom. The Hall–Kier alpha value is -2.92. The molecule has 1 saturated heterocycles. The Morgan fingerprint density at radius 3 is 2.58 bits per heavy atom. The molecule has 0 radical (unpaired) electrons. The molecule has 1 aromatic heterocycles. The van der Waals surface area contributed by atoms with Crippen LogP contribution in [-0.4, -0.2) is 43.1 Å². The Morgan fingerprint density at radius 1 is 1.16 bits per heavy atom. The van der Waals surface area contributed by atoms with E-state index in [0.717, 1.165) is 17.7 Å². The van der Waals surface area contributed by atoms with Crippen LogP contribution in [0.4, 0.5) is 13.2 Å². The third kappa shape index (κ3) is 4.02. The summed E-state index contributed by atoms with van der Waals surface area (Å²) in [7, 11) is -2.38. The lowest BCUT2D eigenvalue weighted by Gasteiger charge is -2.36. The van der Waals surface area contributed by atoms with Crippen LogP contribution in [0, 0.1) is 6.92 Å². The summed E-state index contributed by atoms with van der Waals surface area (Å²) in [6.45, 7) is 2.01. The van der Waals surface area contributed by atoms with Crippen LogP contribution < -0.4 is 4.74 Å². The molecule has 7 nitrogen and oxygen atoms in total. The van der Waals surface area contributed by atoms with Gasteiger partial charge in [0.15, 0.2) is 0 Å². The number of hydrogen-bond acceptors (Lipinski definition) is 6. The van der Waals surface area contributed by atoms with Gasteiger partial charge in [-0.25, -0.2) is 8.42 Å². The van der Waals surface area contributed by atoms with Crippen LogP contribution in [0.25, 0.3) is 11.4 Å². The van der Waals surface area contributed by atoms with E-state index < -0.39 is 21.8 Å². The fourth-order valence-corrected chi connectivity index (χ4v) is 5.04. The standard InChI is InChI=1S/C20H18F3N3O4S/c1-12-6-7-16(29-2)17(8-12)31(27,28)26-10-14(11-26)19-24-18(25-30-19)13-4-3-5-15(9-13)20(21,22)23/h3-9,14H,10-11H2,1-2H3. The summed E-state index contributed by atoms with van der Waals surface area (Å²) in [4.78, 5) is 4.24. The van der Waals surface area contributed by atoms with Crippen LogP contribution in [0.5, 0.6) is 5.75 Å². The molecular formula is C20H18F3N3O4S. The lowest BCUT2D eigenvalue weighted by atomic mass is 10.0. The van der Waals surface area contributed by atoms with Gasteiger partial charge in [-0.3, -0.25) is 0 Å². The molecule has 2 heterocycles. The minimum Gasteiger partial charge on any atom is -0.495 e. The number of ether oxygens (including phenoxy) is 1. The number of alkyl halides is 3. The monoisotopic (exact) mass is 453 g/mol. The van der Waals surface area contributed by atoms with Crippen molar-refractivity contribution >= 4 is 10.0 Å². The van der Waals surface area contributed by atoms with Crippen LogP contribution in [0.15, 0.2) is 51.9 Å². The lowest BCUT2D eigenvalue weighted by molar-refractivity contribution is -0.137. The number of methoxy groups -OCH3 is 1. The molecule has 3 aromatic rings. The molecule has 0 N–H and O–H groups in total. The van der Waals surface area contributed by atoms with E-state index in [1.165, 1.54) is 23.5 Å². The average molecular weight is 453 g/mol. The predicted octanol–water partition coefficient (Wildman–Crippen LogP) is 3.86. The molecule has 0 bridgehead atoms. The van der Waals surface area contributed by atoms with Crippen LogP contribution in [0.1, 0.15) is 22.9 Å². The van der Waals surface area contributed by atoms with E-state index in [1.807, 2.05) is 0 Å². The van der Waals surface area contributed by atoms with Gasteiger partial charge in [-0.1, -0.05) is 23.4 Å². The predicted molar refractivity (Wildman–Crippen MR) is 104 cm³/mol. The highest BCUT2D eigenvalue weighted by Crippen LogP contribution is 2.36. The summed E-state index contributed by atoms with van der Waals surface area (Å²) in [5.74, 6) is 0.0918. The van der Waals surface area contributed by atoms with Gasteiger partial charge in [-0.15, -0.1) is 0 Å². The zero-order valence-corrected chi connectivity index (χ0v) is 17.4. The second-order valence-electron chi connectivity index (χ2n) is 7.21. The van der Waals surface area contributed by atoms with Crippen molar-refractivity contribution in [3.8, 4) is 17.1 Å². The highest BCUT2D eigenvalue weighted by molar-refractivity contribution is 7.89. The maximum Gasteiger partial charge on any atom is 0.416 e. The van der Waals surface area contributed by atoms with Crippen molar-refractivity contribution in [3.63, 3.8) is 0 Å². The maximum atomic E-state index is 13.0. The van der Waals surface area contributed by atoms with E-state index in [2.05, 4.69) is 10.1 Å². The quantitative estimate of drug-likeness (QED) is 0.583. The number of benzene rings is 2. The first-order chi connectivity index (χ1) is 14.6. The Bertz CT molecular complexity index is 1220. The van der Waals surface area contributed by atoms with Crippen molar-refractivity contribution in [2.45, 2.75) is 23.9 Å². The van der Waals surface area contributed by atoms with Crippen molar-refractivity contribution in [3.05, 3.63) is 59.5 Å². The summed E-state index contributed by atoms with van der Waals surface area (Å²) >= 11 is 0. The second kappa shape index (κ2) is 7.65. The summed E-state index contributed by atoms with van der Waals surface area (Å²) < 4.78 is 76.3. The van der Waals surface area contributed by atoms with E-state index in [9.17, 15) is 21.6 Å². The number of aryl methyl sites for hydroxylation is 1. The summed E-state index contributed by atoms with van der Waals surface area (Å²) in [6, 6.07) is 9.50. The number of halogens is 3. The smallest absolute Gasteiger partial charge is 0.416 e. The summed E-state index contributed by atoms with van der Waals surface area (Å²) in [5, 5.41) is 3.76. The number of rotatable bonds is 5. The van der Waals surface area contributed by atoms with Gasteiger partial charge in [0.25, 0.3) is 0 Å². The highest BCUT2D eigenvalue weighted by Gasteiger charge is 2.41. The van der Waals surface area contributed by atoms with Crippen LogP contribution in [0.3, 0.4) is 0 Å². The fraction of sp³-hybridized carbons (Fsp3) is 0.300. The molecule has 0 amide bonds. The van der Waals surface area contributed by atoms with Crippen LogP contribution in [0.2, 0.25) is 0 Å². The number of nitrogens with zero attached hydrogens (tertiary/aromatic N) is 3. The van der Waals surface area contributed by atoms with Crippen LogP contribution in [-0.2, 0) is 16.2 Å². The van der Waals surface area contributed by atoms with E-state index >= 15 is 0 Å². The summed E-state index contributed by atoms with van der Waals surface area (Å²) in [6.07, 6.45) is -4.48. The topological polar surface area (TPSA) is 85.5 Å². The third-order valence-electron chi connectivity index (χ3n) is 5.02. The molecule has 1 aliphatic rings. The molecule has 11 heteroatoms. The van der Waals surface area contributed by atoms with E-state index in [4.69, 9.17) is 9.26 Å². The minimum atomic E-state index is -4.48. The Labute approximate surface area is 176 Å². The maximum absolute atomic E-state index is 13.0. The molecule has 164 valence electrons. The van der Waals surface area contributed by atoms with Crippen molar-refractivity contribution in [1.29, 1.82) is 0 Å². The number of aromatic nitrogens is 2. The van der Waals surface area contributed by atoms with Gasteiger partial charge in [0.2, 0.25) is 21.7 Å². The molecule has 4 rings (SSSR count). The zero-order valence-electron chi connectivity index (χ0n) is 16.5. The van der Waals surface area contributed by atoms with E-state index in [-0.39, 0.29) is 46.9 Å². The van der Waals surface area contributed by atoms with Crippen molar-refractivity contribution < 1.29 is 30.8 Å². The highest BCUT2D eigenvalue weighted by atomic mass is 32.2. The molecule has 0 aliphatic carbocycles. The second-order valence-corrected chi connectivity index (χ2v) is 9.11. The largest absolute Gasteiger partial charge is 0.495 e. The van der Waals surface area contributed by atoms with Gasteiger partial charge in [0.05, 0.1) is 18.6 Å². The van der Waals surface area contributed by atoms with Crippen molar-refractivity contribution in [1.82, 2.24) is 14.4 Å². The Balaban J connectivity index is 1.51. The van der Waals surface area contributed by atoms with E-state index in [1.54, 1.807) is 25.1 Å². The van der Waals surface area contributed by atoms with Gasteiger partial charge in [0.1, 0.15) is 10.6 Å². The first-order valence-electron chi connectivity index (χ1n) is 9.25. The molecule has 2 aromatic carbocycles. The number of hydrogen-bond donors (Lipinski definition) is 0. The SMILES string of the molecule is COc1ccc(C)cc1S(=O)(=O)N1CC(c2nc(-c3cccc(C(F)(F)F)c3)no2)C1. The first kappa shape index (κ1) is 21.3. The molecular weight excluding hydrogens is 435 g/mol. The van der Waals surface area contributed by atoms with Gasteiger partial charge in [-0.05, 0) is 36.8 Å². The molecule has 0 unspecified atom stereocenters. The first-order valence-corrected chi connectivity index (χ1v) is 10.7. The third-order valence-corrected chi connectivity index (χ3v) is 6.88. The zero-order chi connectivity index (χ0) is 22.4.